The van der Waals surface area contributed by atoms with Gasteiger partial charge in [0.25, 0.3) is 5.91 Å². The van der Waals surface area contributed by atoms with Crippen LogP contribution in [0.25, 0.3) is 6.08 Å². The van der Waals surface area contributed by atoms with Crippen LogP contribution >= 0.6 is 0 Å². The van der Waals surface area contributed by atoms with Gasteiger partial charge < -0.3 is 14.8 Å². The van der Waals surface area contributed by atoms with Gasteiger partial charge in [0.15, 0.2) is 0 Å². The first kappa shape index (κ1) is 20.4. The van der Waals surface area contributed by atoms with Crippen molar-refractivity contribution in [3.63, 3.8) is 0 Å². The average molecular weight is 398 g/mol. The largest absolute Gasteiger partial charge is 0.497 e. The van der Waals surface area contributed by atoms with Gasteiger partial charge in [0.05, 0.1) is 12.7 Å². The van der Waals surface area contributed by atoms with Gasteiger partial charge in [-0.05, 0) is 60.2 Å². The molecule has 1 amide bonds. The van der Waals surface area contributed by atoms with E-state index in [2.05, 4.69) is 5.32 Å². The topological polar surface area (TPSA) is 88.4 Å². The first-order valence-corrected chi connectivity index (χ1v) is 9.03. The molecule has 0 aliphatic heterocycles. The molecule has 3 rings (SSSR count). The summed E-state index contributed by atoms with van der Waals surface area (Å²) in [5, 5.41) is 12.0. The highest BCUT2D eigenvalue weighted by Gasteiger charge is 2.11. The third-order valence-corrected chi connectivity index (χ3v) is 4.10. The monoisotopic (exact) mass is 398 g/mol. The van der Waals surface area contributed by atoms with E-state index in [0.29, 0.717) is 28.3 Å². The van der Waals surface area contributed by atoms with E-state index in [1.807, 2.05) is 12.1 Å². The molecule has 3 aromatic carbocycles. The summed E-state index contributed by atoms with van der Waals surface area (Å²) >= 11 is 0. The van der Waals surface area contributed by atoms with E-state index in [9.17, 15) is 14.9 Å². The Balaban J connectivity index is 1.73. The number of carbonyl (C=O) groups is 2. The van der Waals surface area contributed by atoms with Crippen LogP contribution in [0.2, 0.25) is 0 Å². The predicted molar refractivity (Wildman–Crippen MR) is 113 cm³/mol. The van der Waals surface area contributed by atoms with Gasteiger partial charge in [-0.25, -0.2) is 4.79 Å². The van der Waals surface area contributed by atoms with Crippen LogP contribution in [0.3, 0.4) is 0 Å². The molecule has 0 spiro atoms. The Morgan fingerprint density at radius 2 is 1.67 bits per heavy atom. The number of esters is 1. The molecule has 0 fully saturated rings. The number of nitrogens with zero attached hydrogens (tertiary/aromatic N) is 1. The fourth-order valence-corrected chi connectivity index (χ4v) is 2.60. The number of para-hydroxylation sites is 1. The molecule has 6 heteroatoms. The quantitative estimate of drug-likeness (QED) is 0.287. The maximum atomic E-state index is 12.4. The smallest absolute Gasteiger partial charge is 0.343 e. The number of ether oxygens (including phenoxy) is 2. The van der Waals surface area contributed by atoms with Crippen molar-refractivity contribution in [1.29, 1.82) is 5.26 Å². The van der Waals surface area contributed by atoms with Crippen LogP contribution in [0, 0.1) is 11.3 Å². The Morgan fingerprint density at radius 3 is 2.33 bits per heavy atom. The van der Waals surface area contributed by atoms with Crippen LogP contribution in [0.5, 0.6) is 11.5 Å². The number of anilines is 1. The predicted octanol–water partition coefficient (Wildman–Crippen LogP) is 4.46. The second-order valence-corrected chi connectivity index (χ2v) is 6.18. The molecule has 0 unspecified atom stereocenters. The van der Waals surface area contributed by atoms with Crippen LogP contribution in [-0.2, 0) is 4.79 Å². The molecule has 6 nitrogen and oxygen atoms in total. The third kappa shape index (κ3) is 5.33. The van der Waals surface area contributed by atoms with Crippen molar-refractivity contribution in [1.82, 2.24) is 0 Å². The zero-order chi connectivity index (χ0) is 21.3. The summed E-state index contributed by atoms with van der Waals surface area (Å²) in [4.78, 5) is 24.7. The van der Waals surface area contributed by atoms with Crippen molar-refractivity contribution >= 4 is 23.6 Å². The summed E-state index contributed by atoms with van der Waals surface area (Å²) in [6.45, 7) is 0. The van der Waals surface area contributed by atoms with Gasteiger partial charge in [-0.1, -0.05) is 30.3 Å². The Labute approximate surface area is 174 Å². The molecule has 0 bridgehead atoms. The molecule has 1 N–H and O–H groups in total. The van der Waals surface area contributed by atoms with Crippen LogP contribution in [-0.4, -0.2) is 19.0 Å². The second kappa shape index (κ2) is 9.71. The number of hydrogen-bond acceptors (Lipinski definition) is 5. The van der Waals surface area contributed by atoms with Crippen molar-refractivity contribution < 1.29 is 19.1 Å². The lowest BCUT2D eigenvalue weighted by molar-refractivity contribution is -0.112. The van der Waals surface area contributed by atoms with Crippen molar-refractivity contribution in [2.75, 3.05) is 12.4 Å². The summed E-state index contributed by atoms with van der Waals surface area (Å²) in [5.74, 6) is -0.118. The number of rotatable bonds is 6. The number of carbonyl (C=O) groups excluding carboxylic acids is 2. The Hall–Kier alpha value is -4.37. The van der Waals surface area contributed by atoms with Gasteiger partial charge in [-0.2, -0.15) is 5.26 Å². The highest BCUT2D eigenvalue weighted by Crippen LogP contribution is 2.19. The molecule has 0 saturated heterocycles. The van der Waals surface area contributed by atoms with Gasteiger partial charge in [0.2, 0.25) is 0 Å². The van der Waals surface area contributed by atoms with Crippen molar-refractivity contribution in [2.45, 2.75) is 0 Å². The minimum Gasteiger partial charge on any atom is -0.497 e. The lowest BCUT2D eigenvalue weighted by Gasteiger charge is -2.07. The van der Waals surface area contributed by atoms with E-state index >= 15 is 0 Å². The van der Waals surface area contributed by atoms with E-state index in [-0.39, 0.29) is 5.57 Å². The maximum absolute atomic E-state index is 12.4. The van der Waals surface area contributed by atoms with Crippen molar-refractivity contribution in [2.24, 2.45) is 0 Å². The Bertz CT molecular complexity index is 1110. The molecule has 0 heterocycles. The van der Waals surface area contributed by atoms with Crippen LogP contribution in [0.1, 0.15) is 15.9 Å². The van der Waals surface area contributed by atoms with E-state index in [0.717, 1.165) is 0 Å². The summed E-state index contributed by atoms with van der Waals surface area (Å²) < 4.78 is 10.5. The maximum Gasteiger partial charge on any atom is 0.343 e. The molecular formula is C24H18N2O4. The fourth-order valence-electron chi connectivity index (χ4n) is 2.60. The molecule has 0 aromatic heterocycles. The molecule has 148 valence electrons. The third-order valence-electron chi connectivity index (χ3n) is 4.10. The molecule has 30 heavy (non-hydrogen) atoms. The number of benzene rings is 3. The molecule has 0 atom stereocenters. The zero-order valence-electron chi connectivity index (χ0n) is 16.2. The van der Waals surface area contributed by atoms with Gasteiger partial charge in [0, 0.05) is 5.69 Å². The highest BCUT2D eigenvalue weighted by molar-refractivity contribution is 6.09. The molecule has 0 radical (unpaired) electrons. The summed E-state index contributed by atoms with van der Waals surface area (Å²) in [5.41, 5.74) is 1.44. The van der Waals surface area contributed by atoms with Crippen molar-refractivity contribution in [3.05, 3.63) is 95.6 Å². The minimum atomic E-state index is -0.527. The number of methoxy groups -OCH3 is 1. The lowest BCUT2D eigenvalue weighted by atomic mass is 10.1. The second-order valence-electron chi connectivity index (χ2n) is 6.18. The molecule has 3 aromatic rings. The molecule has 0 saturated carbocycles. The standard InChI is InChI=1S/C24H18N2O4/c1-29-21-12-10-18(11-13-21)24(28)30-22-9-5-6-17(15-22)14-19(16-25)23(27)26-20-7-3-2-4-8-20/h2-15H,1H3,(H,26,27)/b19-14+. The molecule has 0 aliphatic rings. The zero-order valence-corrected chi connectivity index (χ0v) is 16.2. The van der Waals surface area contributed by atoms with Crippen LogP contribution in [0.4, 0.5) is 5.69 Å². The Morgan fingerprint density at radius 1 is 0.933 bits per heavy atom. The number of hydrogen-bond donors (Lipinski definition) is 1. The van der Waals surface area contributed by atoms with E-state index in [1.165, 1.54) is 6.08 Å². The highest BCUT2D eigenvalue weighted by atomic mass is 16.5. The van der Waals surface area contributed by atoms with Gasteiger partial charge in [-0.15, -0.1) is 0 Å². The number of amides is 1. The molecule has 0 aliphatic carbocycles. The van der Waals surface area contributed by atoms with E-state index in [4.69, 9.17) is 9.47 Å². The van der Waals surface area contributed by atoms with Crippen molar-refractivity contribution in [3.8, 4) is 17.6 Å². The average Bonchev–Trinajstić information content (AvgIpc) is 2.78. The van der Waals surface area contributed by atoms with Gasteiger partial charge >= 0.3 is 5.97 Å². The van der Waals surface area contributed by atoms with E-state index < -0.39 is 11.9 Å². The Kier molecular flexibility index (Phi) is 6.59. The summed E-state index contributed by atoms with van der Waals surface area (Å²) in [7, 11) is 1.54. The van der Waals surface area contributed by atoms with Gasteiger partial charge in [-0.3, -0.25) is 4.79 Å². The summed E-state index contributed by atoms with van der Waals surface area (Å²) in [6, 6.07) is 23.9. The van der Waals surface area contributed by atoms with E-state index in [1.54, 1.807) is 79.9 Å². The summed E-state index contributed by atoms with van der Waals surface area (Å²) in [6.07, 6.45) is 1.43. The van der Waals surface area contributed by atoms with Gasteiger partial charge in [0.1, 0.15) is 23.1 Å². The fraction of sp³-hybridized carbons (Fsp3) is 0.0417. The van der Waals surface area contributed by atoms with Crippen LogP contribution < -0.4 is 14.8 Å². The SMILES string of the molecule is COc1ccc(C(=O)Oc2cccc(/C=C(\C#N)C(=O)Nc3ccccc3)c2)cc1. The minimum absolute atomic E-state index is 0.0718. The number of nitrogens with one attached hydrogen (secondary N) is 1. The molecular weight excluding hydrogens is 380 g/mol. The number of nitriles is 1. The lowest BCUT2D eigenvalue weighted by Crippen LogP contribution is -2.13. The first-order chi connectivity index (χ1) is 14.6. The normalized spacial score (nSPS) is 10.6. The van der Waals surface area contributed by atoms with Crippen LogP contribution in [0.15, 0.2) is 84.4 Å². The first-order valence-electron chi connectivity index (χ1n) is 9.03.